The second-order valence-electron chi connectivity index (χ2n) is 1.84. The summed E-state index contributed by atoms with van der Waals surface area (Å²) in [6.07, 6.45) is 0. The van der Waals surface area contributed by atoms with E-state index in [4.69, 9.17) is 10.3 Å². The molecule has 1 aromatic carbocycles. The van der Waals surface area contributed by atoms with Crippen molar-refractivity contribution in [3.8, 4) is 5.75 Å². The van der Waals surface area contributed by atoms with E-state index in [1.54, 1.807) is 0 Å². The van der Waals surface area contributed by atoms with Gasteiger partial charge in [-0.1, -0.05) is 0 Å². The Morgan fingerprint density at radius 1 is 1.40 bits per heavy atom. The molecule has 0 saturated heterocycles. The minimum atomic E-state index is -0.689. The normalized spacial score (nSPS) is 9.80. The fraction of sp³-hybridized carbons (Fsp3) is 0. The highest BCUT2D eigenvalue weighted by Gasteiger charge is 2.01. The predicted molar refractivity (Wildman–Crippen MR) is 31.4 cm³/mol. The fourth-order valence-electron chi connectivity index (χ4n) is 0.610. The van der Waals surface area contributed by atoms with Crippen molar-refractivity contribution in [2.75, 3.05) is 0 Å². The highest BCUT2D eigenvalue weighted by molar-refractivity contribution is 5.36. The van der Waals surface area contributed by atoms with Crippen molar-refractivity contribution < 1.29 is 20.2 Å². The van der Waals surface area contributed by atoms with E-state index in [2.05, 4.69) is 0 Å². The summed E-state index contributed by atoms with van der Waals surface area (Å²) in [6.45, 7) is 0. The molecule has 0 fully saturated rings. The minimum Gasteiger partial charge on any atom is -0.505 e. The van der Waals surface area contributed by atoms with Gasteiger partial charge in [0.1, 0.15) is 0 Å². The van der Waals surface area contributed by atoms with E-state index in [1.165, 1.54) is 6.07 Å². The standard InChI is InChI=1S/C6H6FNO2/c7-5-2-1-4(8-10)3-6(5)9/h1-3,8-10H/p+1. The summed E-state index contributed by atoms with van der Waals surface area (Å²) >= 11 is 0. The number of hydrogen-bond donors (Lipinski definition) is 3. The van der Waals surface area contributed by atoms with E-state index in [0.717, 1.165) is 17.6 Å². The average Bonchev–Trinajstić information content (AvgIpc) is 1.95. The molecule has 0 heterocycles. The van der Waals surface area contributed by atoms with Gasteiger partial charge in [0.2, 0.25) is 0 Å². The lowest BCUT2D eigenvalue weighted by Crippen LogP contribution is -2.73. The zero-order valence-electron chi connectivity index (χ0n) is 5.08. The molecule has 0 aromatic heterocycles. The number of quaternary nitrogens is 1. The maximum absolute atomic E-state index is 12.3. The molecule has 0 radical (unpaired) electrons. The van der Waals surface area contributed by atoms with Gasteiger partial charge in [-0.25, -0.2) is 9.60 Å². The summed E-state index contributed by atoms with van der Waals surface area (Å²) in [7, 11) is 0. The van der Waals surface area contributed by atoms with Gasteiger partial charge in [0, 0.05) is 12.1 Å². The Morgan fingerprint density at radius 2 is 2.10 bits per heavy atom. The van der Waals surface area contributed by atoms with Gasteiger partial charge >= 0.3 is 0 Å². The van der Waals surface area contributed by atoms with Gasteiger partial charge in [-0.2, -0.15) is 5.48 Å². The number of benzene rings is 1. The van der Waals surface area contributed by atoms with Gasteiger partial charge in [0.05, 0.1) is 0 Å². The summed E-state index contributed by atoms with van der Waals surface area (Å²) in [5.74, 6) is -1.14. The largest absolute Gasteiger partial charge is 0.505 e. The molecule has 0 aliphatic carbocycles. The van der Waals surface area contributed by atoms with Gasteiger partial charge in [0.15, 0.2) is 17.3 Å². The van der Waals surface area contributed by atoms with Crippen LogP contribution in [0.1, 0.15) is 0 Å². The monoisotopic (exact) mass is 144 g/mol. The third-order valence-electron chi connectivity index (χ3n) is 1.12. The summed E-state index contributed by atoms with van der Waals surface area (Å²) in [5, 5.41) is 17.1. The zero-order valence-corrected chi connectivity index (χ0v) is 5.08. The van der Waals surface area contributed by atoms with Crippen LogP contribution >= 0.6 is 0 Å². The number of aromatic hydroxyl groups is 1. The van der Waals surface area contributed by atoms with Crippen LogP contribution in [0.4, 0.5) is 10.1 Å². The van der Waals surface area contributed by atoms with E-state index < -0.39 is 11.6 Å². The number of phenols is 1. The van der Waals surface area contributed by atoms with Crippen molar-refractivity contribution in [1.82, 2.24) is 0 Å². The first-order valence-electron chi connectivity index (χ1n) is 2.70. The molecule has 1 rings (SSSR count). The SMILES string of the molecule is O[NH2+]c1ccc(F)c(O)c1. The smallest absolute Gasteiger partial charge is 0.165 e. The molecule has 4 N–H and O–H groups in total. The van der Waals surface area contributed by atoms with Gasteiger partial charge in [-0.15, -0.1) is 0 Å². The molecule has 0 unspecified atom stereocenters. The van der Waals surface area contributed by atoms with Gasteiger partial charge in [-0.05, 0) is 6.07 Å². The van der Waals surface area contributed by atoms with Gasteiger partial charge in [0.25, 0.3) is 0 Å². The molecule has 4 heteroatoms. The van der Waals surface area contributed by atoms with Crippen LogP contribution in [-0.2, 0) is 0 Å². The topological polar surface area (TPSA) is 57.1 Å². The number of rotatable bonds is 1. The second-order valence-corrected chi connectivity index (χ2v) is 1.84. The van der Waals surface area contributed by atoms with Crippen molar-refractivity contribution in [2.45, 2.75) is 0 Å². The average molecular weight is 144 g/mol. The van der Waals surface area contributed by atoms with Crippen LogP contribution in [0, 0.1) is 5.82 Å². The Morgan fingerprint density at radius 3 is 2.60 bits per heavy atom. The molecule has 3 nitrogen and oxygen atoms in total. The van der Waals surface area contributed by atoms with Crippen LogP contribution in [0.25, 0.3) is 0 Å². The quantitative estimate of drug-likeness (QED) is 0.387. The minimum absolute atomic E-state index is 0.374. The van der Waals surface area contributed by atoms with Crippen molar-refractivity contribution in [3.05, 3.63) is 24.0 Å². The van der Waals surface area contributed by atoms with Crippen molar-refractivity contribution in [1.29, 1.82) is 0 Å². The maximum Gasteiger partial charge on any atom is 0.165 e. The summed E-state index contributed by atoms with van der Waals surface area (Å²) in [5.41, 5.74) is 1.16. The highest BCUT2D eigenvalue weighted by Crippen LogP contribution is 2.16. The maximum atomic E-state index is 12.3. The molecular weight excluding hydrogens is 137 g/mol. The van der Waals surface area contributed by atoms with Crippen LogP contribution in [0.15, 0.2) is 18.2 Å². The van der Waals surface area contributed by atoms with E-state index in [-0.39, 0.29) is 0 Å². The Kier molecular flexibility index (Phi) is 1.84. The van der Waals surface area contributed by atoms with Gasteiger partial charge < -0.3 is 5.11 Å². The molecule has 0 aliphatic rings. The molecule has 1 aromatic rings. The highest BCUT2D eigenvalue weighted by atomic mass is 19.1. The molecule has 0 amide bonds. The molecule has 0 bridgehead atoms. The summed E-state index contributed by atoms with van der Waals surface area (Å²) in [6, 6.07) is 3.57. The van der Waals surface area contributed by atoms with Crippen molar-refractivity contribution in [2.24, 2.45) is 0 Å². The molecule has 0 saturated carbocycles. The number of phenolic OH excluding ortho intramolecular Hbond substituents is 1. The molecule has 0 spiro atoms. The number of hydrogen-bond acceptors (Lipinski definition) is 2. The van der Waals surface area contributed by atoms with E-state index >= 15 is 0 Å². The second kappa shape index (κ2) is 2.64. The fourth-order valence-corrected chi connectivity index (χ4v) is 0.610. The Hall–Kier alpha value is -1.13. The van der Waals surface area contributed by atoms with Crippen LogP contribution in [-0.4, -0.2) is 10.3 Å². The first kappa shape index (κ1) is 6.98. The third-order valence-corrected chi connectivity index (χ3v) is 1.12. The third kappa shape index (κ3) is 1.23. The summed E-state index contributed by atoms with van der Waals surface area (Å²) in [4.78, 5) is 0. The van der Waals surface area contributed by atoms with Crippen LogP contribution in [0.5, 0.6) is 5.75 Å². The van der Waals surface area contributed by atoms with Gasteiger partial charge in [-0.3, -0.25) is 0 Å². The molecule has 0 aliphatic heterocycles. The molecule has 54 valence electrons. The Bertz CT molecular complexity index is 239. The number of halogens is 1. The van der Waals surface area contributed by atoms with E-state index in [0.29, 0.717) is 5.69 Å². The van der Waals surface area contributed by atoms with Crippen LogP contribution in [0.2, 0.25) is 0 Å². The molecule has 0 atom stereocenters. The Balaban J connectivity index is 3.04. The van der Waals surface area contributed by atoms with Crippen LogP contribution in [0.3, 0.4) is 0 Å². The van der Waals surface area contributed by atoms with E-state index in [9.17, 15) is 4.39 Å². The lowest BCUT2D eigenvalue weighted by atomic mass is 10.3. The van der Waals surface area contributed by atoms with Crippen molar-refractivity contribution in [3.63, 3.8) is 0 Å². The first-order valence-corrected chi connectivity index (χ1v) is 2.70. The zero-order chi connectivity index (χ0) is 7.56. The van der Waals surface area contributed by atoms with Crippen LogP contribution < -0.4 is 5.48 Å². The molecular formula is C6H7FNO2+. The molecule has 10 heavy (non-hydrogen) atoms. The van der Waals surface area contributed by atoms with E-state index in [1.807, 2.05) is 0 Å². The summed E-state index contributed by atoms with van der Waals surface area (Å²) < 4.78 is 12.3. The number of nitrogens with two attached hydrogens (primary N) is 1. The lowest BCUT2D eigenvalue weighted by Gasteiger charge is -1.94. The lowest BCUT2D eigenvalue weighted by molar-refractivity contribution is -0.825. The Labute approximate surface area is 56.7 Å². The first-order chi connectivity index (χ1) is 4.74. The predicted octanol–water partition coefficient (Wildman–Crippen LogP) is 0.115. The van der Waals surface area contributed by atoms with Crippen molar-refractivity contribution >= 4 is 5.69 Å².